The number of nitrogens with one attached hydrogen (secondary N) is 2. The summed E-state index contributed by atoms with van der Waals surface area (Å²) < 4.78 is 15.1. The summed E-state index contributed by atoms with van der Waals surface area (Å²) in [6, 6.07) is 8.19. The van der Waals surface area contributed by atoms with E-state index in [4.69, 9.17) is 11.1 Å². The van der Waals surface area contributed by atoms with E-state index >= 15 is 0 Å². The number of aliphatic imine (C=N–C) groups is 1. The molecule has 190 valence electrons. The van der Waals surface area contributed by atoms with Crippen LogP contribution in [0.1, 0.15) is 23.7 Å². The fourth-order valence-electron chi connectivity index (χ4n) is 4.48. The molecule has 37 heavy (non-hydrogen) atoms. The van der Waals surface area contributed by atoms with E-state index in [0.29, 0.717) is 32.1 Å². The Hall–Kier alpha value is -4.38. The molecule has 0 radical (unpaired) electrons. The Morgan fingerprint density at radius 2 is 1.78 bits per heavy atom. The van der Waals surface area contributed by atoms with Gasteiger partial charge in [0.05, 0.1) is 17.4 Å². The molecule has 4 aromatic rings. The molecule has 1 aromatic carbocycles. The molecule has 0 spiro atoms. The first-order valence-electron chi connectivity index (χ1n) is 12.0. The molecule has 5 rings (SSSR count). The molecule has 0 aliphatic carbocycles. The van der Waals surface area contributed by atoms with Gasteiger partial charge >= 0.3 is 0 Å². The van der Waals surface area contributed by atoms with E-state index in [2.05, 4.69) is 34.8 Å². The van der Waals surface area contributed by atoms with Gasteiger partial charge in [-0.15, -0.1) is 0 Å². The van der Waals surface area contributed by atoms with Crippen LogP contribution in [0.4, 0.5) is 10.3 Å². The molecular formula is C26H29FN10. The van der Waals surface area contributed by atoms with Gasteiger partial charge in [-0.25, -0.2) is 19.4 Å². The van der Waals surface area contributed by atoms with Crippen LogP contribution in [-0.2, 0) is 12.6 Å². The number of hydrogen-bond donors (Lipinski definition) is 3. The third-order valence-electron chi connectivity index (χ3n) is 6.69. The Kier molecular flexibility index (Phi) is 6.53. The van der Waals surface area contributed by atoms with Gasteiger partial charge in [0.15, 0.2) is 5.84 Å². The lowest BCUT2D eigenvalue weighted by Gasteiger charge is -2.36. The van der Waals surface area contributed by atoms with Crippen molar-refractivity contribution >= 4 is 18.1 Å². The second-order valence-electron chi connectivity index (χ2n) is 9.24. The van der Waals surface area contributed by atoms with Crippen molar-refractivity contribution in [2.24, 2.45) is 17.8 Å². The highest BCUT2D eigenvalue weighted by molar-refractivity contribution is 6.01. The lowest BCUT2D eigenvalue weighted by molar-refractivity contribution is 0.383. The molecule has 1 fully saturated rings. The van der Waals surface area contributed by atoms with Crippen molar-refractivity contribution < 1.29 is 4.39 Å². The summed E-state index contributed by atoms with van der Waals surface area (Å²) in [6.07, 6.45) is 10.2. The van der Waals surface area contributed by atoms with E-state index in [-0.39, 0.29) is 5.82 Å². The van der Waals surface area contributed by atoms with Crippen LogP contribution < -0.4 is 10.6 Å². The van der Waals surface area contributed by atoms with Gasteiger partial charge in [-0.1, -0.05) is 12.1 Å². The number of nitrogens with two attached hydrogens (primary N) is 1. The van der Waals surface area contributed by atoms with Crippen LogP contribution in [0.3, 0.4) is 0 Å². The van der Waals surface area contributed by atoms with Crippen molar-refractivity contribution in [3.05, 3.63) is 84.0 Å². The molecule has 1 aliphatic rings. The van der Waals surface area contributed by atoms with Crippen molar-refractivity contribution in [2.75, 3.05) is 31.1 Å². The van der Waals surface area contributed by atoms with Crippen LogP contribution in [0.15, 0.2) is 66.3 Å². The molecule has 4 N–H and O–H groups in total. The fraction of sp³-hybridized carbons (Fsp3) is 0.269. The minimum atomic E-state index is -0.840. The van der Waals surface area contributed by atoms with Gasteiger partial charge < -0.3 is 20.5 Å². The SMILES string of the molecule is Cn1cc(-c2c[nH]c(C(=NC=N)N3CCN(c4ncc([C@](C)(N)c5ccc(F)cc5)cn4)CC3)c2)cn1. The minimum absolute atomic E-state index is 0.302. The Balaban J connectivity index is 1.26. The van der Waals surface area contributed by atoms with Gasteiger partial charge in [0.25, 0.3) is 0 Å². The number of amidine groups is 1. The van der Waals surface area contributed by atoms with Crippen molar-refractivity contribution in [1.82, 2.24) is 29.6 Å². The van der Waals surface area contributed by atoms with E-state index in [1.807, 2.05) is 38.6 Å². The minimum Gasteiger partial charge on any atom is -0.358 e. The smallest absolute Gasteiger partial charge is 0.225 e. The molecule has 0 amide bonds. The van der Waals surface area contributed by atoms with Gasteiger partial charge in [-0.2, -0.15) is 5.10 Å². The summed E-state index contributed by atoms with van der Waals surface area (Å²) in [4.78, 5) is 21.1. The van der Waals surface area contributed by atoms with Crippen molar-refractivity contribution in [3.63, 3.8) is 0 Å². The largest absolute Gasteiger partial charge is 0.358 e. The Morgan fingerprint density at radius 3 is 2.41 bits per heavy atom. The number of aryl methyl sites for hydroxylation is 1. The van der Waals surface area contributed by atoms with Gasteiger partial charge in [-0.3, -0.25) is 10.1 Å². The number of piperazine rings is 1. The molecular weight excluding hydrogens is 471 g/mol. The molecule has 11 heteroatoms. The van der Waals surface area contributed by atoms with Gasteiger partial charge in [0.2, 0.25) is 5.95 Å². The van der Waals surface area contributed by atoms with Crippen LogP contribution in [0.25, 0.3) is 11.1 Å². The molecule has 0 unspecified atom stereocenters. The molecule has 1 saturated heterocycles. The Morgan fingerprint density at radius 1 is 1.08 bits per heavy atom. The highest BCUT2D eigenvalue weighted by Crippen LogP contribution is 2.27. The zero-order valence-corrected chi connectivity index (χ0v) is 20.8. The predicted octanol–water partition coefficient (Wildman–Crippen LogP) is 2.74. The molecule has 3 aromatic heterocycles. The molecule has 0 saturated carbocycles. The summed E-state index contributed by atoms with van der Waals surface area (Å²) in [7, 11) is 1.88. The van der Waals surface area contributed by atoms with E-state index in [9.17, 15) is 4.39 Å². The number of aromatic amines is 1. The molecule has 0 bridgehead atoms. The van der Waals surface area contributed by atoms with Crippen molar-refractivity contribution in [1.29, 1.82) is 5.41 Å². The van der Waals surface area contributed by atoms with Gasteiger partial charge in [0.1, 0.15) is 12.2 Å². The highest BCUT2D eigenvalue weighted by atomic mass is 19.1. The third kappa shape index (κ3) is 4.98. The van der Waals surface area contributed by atoms with Gasteiger partial charge in [0, 0.05) is 74.7 Å². The average Bonchev–Trinajstić information content (AvgIpc) is 3.57. The number of anilines is 1. The second kappa shape index (κ2) is 9.94. The predicted molar refractivity (Wildman–Crippen MR) is 141 cm³/mol. The van der Waals surface area contributed by atoms with Crippen LogP contribution in [0.2, 0.25) is 0 Å². The normalized spacial score (nSPS) is 16.1. The van der Waals surface area contributed by atoms with Crippen LogP contribution in [0.5, 0.6) is 0 Å². The first kappa shape index (κ1) is 24.3. The number of benzene rings is 1. The maximum absolute atomic E-state index is 13.3. The van der Waals surface area contributed by atoms with Crippen molar-refractivity contribution in [2.45, 2.75) is 12.5 Å². The number of aromatic nitrogens is 5. The molecule has 1 aliphatic heterocycles. The van der Waals surface area contributed by atoms with Gasteiger partial charge in [-0.05, 0) is 30.7 Å². The number of halogens is 1. The lowest BCUT2D eigenvalue weighted by atomic mass is 9.87. The molecule has 1 atom stereocenters. The summed E-state index contributed by atoms with van der Waals surface area (Å²) in [5.74, 6) is 1.05. The first-order chi connectivity index (χ1) is 17.8. The fourth-order valence-corrected chi connectivity index (χ4v) is 4.48. The van der Waals surface area contributed by atoms with E-state index < -0.39 is 5.54 Å². The zero-order chi connectivity index (χ0) is 26.0. The lowest BCUT2D eigenvalue weighted by Crippen LogP contribution is -2.49. The average molecular weight is 501 g/mol. The van der Waals surface area contributed by atoms with Crippen molar-refractivity contribution in [3.8, 4) is 11.1 Å². The number of nitrogens with zero attached hydrogens (tertiary/aromatic N) is 7. The first-order valence-corrected chi connectivity index (χ1v) is 12.0. The number of H-pyrrole nitrogens is 1. The quantitative estimate of drug-likeness (QED) is 0.276. The summed E-state index contributed by atoms with van der Waals surface area (Å²) >= 11 is 0. The van der Waals surface area contributed by atoms with E-state index in [1.54, 1.807) is 29.2 Å². The maximum atomic E-state index is 13.3. The Labute approximate surface area is 214 Å². The summed E-state index contributed by atoms with van der Waals surface area (Å²) in [5, 5.41) is 11.8. The van der Waals surface area contributed by atoms with Crippen LogP contribution >= 0.6 is 0 Å². The summed E-state index contributed by atoms with van der Waals surface area (Å²) in [6.45, 7) is 4.66. The van der Waals surface area contributed by atoms with Crippen LogP contribution in [-0.4, -0.2) is 68.0 Å². The topological polar surface area (TPSA) is 128 Å². The highest BCUT2D eigenvalue weighted by Gasteiger charge is 2.27. The summed E-state index contributed by atoms with van der Waals surface area (Å²) in [5.41, 5.74) is 10.1. The standard InChI is InChI=1S/C26H29FN10/c1-26(29,20-3-5-22(27)6-4-20)21-14-31-25(32-15-21)37-9-7-36(8-10-37)24(33-17-28)23-11-18(12-30-23)19-13-34-35(2)16-19/h3-6,11-17,28,30H,7-10,29H2,1-2H3/t26-/m1/s1. The maximum Gasteiger partial charge on any atom is 0.225 e. The monoisotopic (exact) mass is 500 g/mol. The Bertz CT molecular complexity index is 1390. The van der Waals surface area contributed by atoms with Crippen LogP contribution in [0, 0.1) is 11.2 Å². The van der Waals surface area contributed by atoms with E-state index in [1.165, 1.54) is 12.1 Å². The second-order valence-corrected chi connectivity index (χ2v) is 9.24. The molecule has 4 heterocycles. The third-order valence-corrected chi connectivity index (χ3v) is 6.69. The molecule has 10 nitrogen and oxygen atoms in total. The zero-order valence-electron chi connectivity index (χ0n) is 20.8. The van der Waals surface area contributed by atoms with E-state index in [0.717, 1.165) is 40.1 Å². The number of rotatable bonds is 6. The number of hydrogen-bond acceptors (Lipinski definition) is 6.